The number of carbonyl (C=O) groups excluding carboxylic acids is 1. The molecule has 0 radical (unpaired) electrons. The maximum absolute atomic E-state index is 13.6. The molecule has 21 heavy (non-hydrogen) atoms. The lowest BCUT2D eigenvalue weighted by Crippen LogP contribution is -2.14. The van der Waals surface area contributed by atoms with Crippen LogP contribution in [-0.4, -0.2) is 15.9 Å². The Kier molecular flexibility index (Phi) is 3.62. The SMILES string of the molecule is O=C(Nc1cccc2cc(Br)cnc12)c1ccncc1F. The molecule has 4 nitrogen and oxygen atoms in total. The highest BCUT2D eigenvalue weighted by Gasteiger charge is 2.13. The van der Waals surface area contributed by atoms with Gasteiger partial charge in [-0.25, -0.2) is 4.39 Å². The van der Waals surface area contributed by atoms with E-state index in [0.29, 0.717) is 11.2 Å². The molecule has 0 aliphatic carbocycles. The molecule has 2 aromatic heterocycles. The quantitative estimate of drug-likeness (QED) is 0.768. The van der Waals surface area contributed by atoms with Gasteiger partial charge in [0.25, 0.3) is 5.91 Å². The van der Waals surface area contributed by atoms with Crippen LogP contribution in [-0.2, 0) is 0 Å². The van der Waals surface area contributed by atoms with E-state index >= 15 is 0 Å². The largest absolute Gasteiger partial charge is 0.320 e. The molecule has 104 valence electrons. The highest BCUT2D eigenvalue weighted by molar-refractivity contribution is 9.10. The first-order chi connectivity index (χ1) is 10.1. The first-order valence-corrected chi connectivity index (χ1v) is 6.89. The Morgan fingerprint density at radius 1 is 1.24 bits per heavy atom. The highest BCUT2D eigenvalue weighted by Crippen LogP contribution is 2.24. The van der Waals surface area contributed by atoms with Crippen LogP contribution in [0.5, 0.6) is 0 Å². The van der Waals surface area contributed by atoms with E-state index in [1.807, 2.05) is 12.1 Å². The van der Waals surface area contributed by atoms with Gasteiger partial charge in [0.2, 0.25) is 0 Å². The van der Waals surface area contributed by atoms with E-state index in [4.69, 9.17) is 0 Å². The fraction of sp³-hybridized carbons (Fsp3) is 0. The number of hydrogen-bond acceptors (Lipinski definition) is 3. The van der Waals surface area contributed by atoms with Gasteiger partial charge in [-0.3, -0.25) is 14.8 Å². The van der Waals surface area contributed by atoms with Crippen molar-refractivity contribution >= 4 is 38.4 Å². The zero-order valence-electron chi connectivity index (χ0n) is 10.7. The lowest BCUT2D eigenvalue weighted by Gasteiger charge is -2.08. The topological polar surface area (TPSA) is 54.9 Å². The Morgan fingerprint density at radius 3 is 2.90 bits per heavy atom. The number of anilines is 1. The van der Waals surface area contributed by atoms with Crippen molar-refractivity contribution < 1.29 is 9.18 Å². The zero-order chi connectivity index (χ0) is 14.8. The van der Waals surface area contributed by atoms with Crippen LogP contribution >= 0.6 is 15.9 Å². The number of rotatable bonds is 2. The maximum Gasteiger partial charge on any atom is 0.258 e. The molecule has 0 unspecified atom stereocenters. The van der Waals surface area contributed by atoms with E-state index < -0.39 is 11.7 Å². The predicted octanol–water partition coefficient (Wildman–Crippen LogP) is 3.78. The summed E-state index contributed by atoms with van der Waals surface area (Å²) in [6.45, 7) is 0. The lowest BCUT2D eigenvalue weighted by atomic mass is 10.1. The molecule has 3 aromatic rings. The van der Waals surface area contributed by atoms with Crippen molar-refractivity contribution in [3.63, 3.8) is 0 Å². The lowest BCUT2D eigenvalue weighted by molar-refractivity contribution is 0.102. The first-order valence-electron chi connectivity index (χ1n) is 6.10. The minimum Gasteiger partial charge on any atom is -0.320 e. The Morgan fingerprint density at radius 2 is 2.10 bits per heavy atom. The summed E-state index contributed by atoms with van der Waals surface area (Å²) in [5.74, 6) is -1.20. The minimum absolute atomic E-state index is 0.0564. The Bertz CT molecular complexity index is 838. The predicted molar refractivity (Wildman–Crippen MR) is 81.6 cm³/mol. The molecule has 0 atom stereocenters. The Balaban J connectivity index is 1.99. The summed E-state index contributed by atoms with van der Waals surface area (Å²) in [4.78, 5) is 20.0. The Hall–Kier alpha value is -2.34. The van der Waals surface area contributed by atoms with Crippen LogP contribution < -0.4 is 5.32 Å². The molecule has 2 heterocycles. The molecule has 3 rings (SSSR count). The molecule has 1 aromatic carbocycles. The van der Waals surface area contributed by atoms with Crippen LogP contribution in [0.15, 0.2) is 53.4 Å². The molecule has 0 fully saturated rings. The average molecular weight is 346 g/mol. The number of carbonyl (C=O) groups is 1. The van der Waals surface area contributed by atoms with Crippen LogP contribution in [0.25, 0.3) is 10.9 Å². The van der Waals surface area contributed by atoms with Crippen molar-refractivity contribution in [2.24, 2.45) is 0 Å². The van der Waals surface area contributed by atoms with Crippen LogP contribution in [0.1, 0.15) is 10.4 Å². The standard InChI is InChI=1S/C15H9BrFN3O/c16-10-6-9-2-1-3-13(14(9)19-7-10)20-15(21)11-4-5-18-8-12(11)17/h1-8H,(H,20,21). The van der Waals surface area contributed by atoms with Gasteiger partial charge < -0.3 is 5.32 Å². The number of fused-ring (bicyclic) bond motifs is 1. The molecule has 0 saturated heterocycles. The molecule has 1 N–H and O–H groups in total. The van der Waals surface area contributed by atoms with Crippen molar-refractivity contribution in [3.8, 4) is 0 Å². The van der Waals surface area contributed by atoms with Crippen molar-refractivity contribution in [2.75, 3.05) is 5.32 Å². The molecule has 0 aliphatic rings. The molecular formula is C15H9BrFN3O. The summed E-state index contributed by atoms with van der Waals surface area (Å²) < 4.78 is 14.4. The van der Waals surface area contributed by atoms with Gasteiger partial charge in [-0.1, -0.05) is 12.1 Å². The van der Waals surface area contributed by atoms with Gasteiger partial charge in [0.1, 0.15) is 0 Å². The fourth-order valence-corrected chi connectivity index (χ4v) is 2.33. The Labute approximate surface area is 128 Å². The normalized spacial score (nSPS) is 10.6. The van der Waals surface area contributed by atoms with E-state index in [1.54, 1.807) is 18.3 Å². The summed E-state index contributed by atoms with van der Waals surface area (Å²) in [6.07, 6.45) is 4.02. The summed E-state index contributed by atoms with van der Waals surface area (Å²) in [5.41, 5.74) is 1.11. The molecule has 0 spiro atoms. The summed E-state index contributed by atoms with van der Waals surface area (Å²) in [6, 6.07) is 8.63. The number of nitrogens with one attached hydrogen (secondary N) is 1. The minimum atomic E-state index is -0.661. The number of pyridine rings is 2. The van der Waals surface area contributed by atoms with E-state index in [-0.39, 0.29) is 5.56 Å². The van der Waals surface area contributed by atoms with Crippen molar-refractivity contribution in [1.82, 2.24) is 9.97 Å². The molecule has 6 heteroatoms. The summed E-state index contributed by atoms with van der Waals surface area (Å²) >= 11 is 3.35. The van der Waals surface area contributed by atoms with E-state index in [9.17, 15) is 9.18 Å². The van der Waals surface area contributed by atoms with Gasteiger partial charge in [-0.2, -0.15) is 0 Å². The van der Waals surface area contributed by atoms with Gasteiger partial charge >= 0.3 is 0 Å². The number of hydrogen-bond donors (Lipinski definition) is 1. The number of benzene rings is 1. The van der Waals surface area contributed by atoms with E-state index in [1.165, 1.54) is 12.3 Å². The molecule has 0 aliphatic heterocycles. The van der Waals surface area contributed by atoms with E-state index in [2.05, 4.69) is 31.2 Å². The van der Waals surface area contributed by atoms with Crippen LogP contribution in [0.2, 0.25) is 0 Å². The second kappa shape index (κ2) is 5.57. The monoisotopic (exact) mass is 345 g/mol. The van der Waals surface area contributed by atoms with Gasteiger partial charge in [-0.05, 0) is 34.1 Å². The first kappa shape index (κ1) is 13.6. The molecule has 0 saturated carbocycles. The fourth-order valence-electron chi connectivity index (χ4n) is 1.98. The highest BCUT2D eigenvalue weighted by atomic mass is 79.9. The van der Waals surface area contributed by atoms with Crippen LogP contribution in [0, 0.1) is 5.82 Å². The number of nitrogens with zero attached hydrogens (tertiary/aromatic N) is 2. The van der Waals surface area contributed by atoms with Gasteiger partial charge in [0, 0.05) is 22.3 Å². The second-order valence-corrected chi connectivity index (χ2v) is 5.26. The number of amides is 1. The van der Waals surface area contributed by atoms with Crippen LogP contribution in [0.4, 0.5) is 10.1 Å². The number of halogens is 2. The summed E-state index contributed by atoms with van der Waals surface area (Å²) in [7, 11) is 0. The summed E-state index contributed by atoms with van der Waals surface area (Å²) in [5, 5.41) is 3.55. The molecule has 0 bridgehead atoms. The zero-order valence-corrected chi connectivity index (χ0v) is 12.3. The van der Waals surface area contributed by atoms with Crippen molar-refractivity contribution in [1.29, 1.82) is 0 Å². The third kappa shape index (κ3) is 2.75. The van der Waals surface area contributed by atoms with Crippen LogP contribution in [0.3, 0.4) is 0 Å². The third-order valence-electron chi connectivity index (χ3n) is 2.94. The number of aromatic nitrogens is 2. The molecular weight excluding hydrogens is 337 g/mol. The smallest absolute Gasteiger partial charge is 0.258 e. The number of para-hydroxylation sites is 1. The maximum atomic E-state index is 13.6. The molecule has 1 amide bonds. The van der Waals surface area contributed by atoms with E-state index in [0.717, 1.165) is 16.1 Å². The average Bonchev–Trinajstić information content (AvgIpc) is 2.47. The van der Waals surface area contributed by atoms with Gasteiger partial charge in [0.15, 0.2) is 5.82 Å². The van der Waals surface area contributed by atoms with Gasteiger partial charge in [-0.15, -0.1) is 0 Å². The van der Waals surface area contributed by atoms with Gasteiger partial charge in [0.05, 0.1) is 23.0 Å². The third-order valence-corrected chi connectivity index (χ3v) is 3.38. The van der Waals surface area contributed by atoms with Crippen molar-refractivity contribution in [3.05, 3.63) is 64.8 Å². The van der Waals surface area contributed by atoms with Crippen molar-refractivity contribution in [2.45, 2.75) is 0 Å². The second-order valence-electron chi connectivity index (χ2n) is 4.34.